The summed E-state index contributed by atoms with van der Waals surface area (Å²) in [7, 11) is 3.13. The maximum Gasteiger partial charge on any atom is 0.305 e. The number of unbranched alkanes of at least 4 members (excludes halogenated alkanes) is 5. The third-order valence-corrected chi connectivity index (χ3v) is 5.39. The fraction of sp³-hybridized carbons (Fsp3) is 0.773. The quantitative estimate of drug-likeness (QED) is 0.272. The number of ether oxygens (including phenoxy) is 2. The lowest BCUT2D eigenvalue weighted by Crippen LogP contribution is -2.21. The number of methoxy groups -OCH3 is 2. The van der Waals surface area contributed by atoms with Crippen LogP contribution in [0.25, 0.3) is 0 Å². The summed E-state index contributed by atoms with van der Waals surface area (Å²) in [5, 5.41) is 19.2. The Bertz CT molecular complexity index is 446. The molecule has 4 atom stereocenters. The summed E-state index contributed by atoms with van der Waals surface area (Å²) in [4.78, 5) is 11.1. The number of esters is 1. The average Bonchev–Trinajstić information content (AvgIpc) is 2.98. The number of carbonyl (C=O) groups is 1. The second-order valence-electron chi connectivity index (χ2n) is 7.35. The van der Waals surface area contributed by atoms with Gasteiger partial charge in [-0.2, -0.15) is 0 Å². The molecule has 1 aliphatic rings. The van der Waals surface area contributed by atoms with Gasteiger partial charge in [-0.15, -0.1) is 0 Å². The molecule has 0 radical (unpaired) electrons. The Morgan fingerprint density at radius 2 is 1.78 bits per heavy atom. The molecule has 1 saturated carbocycles. The van der Waals surface area contributed by atoms with Gasteiger partial charge in [-0.25, -0.2) is 0 Å². The van der Waals surface area contributed by atoms with Crippen LogP contribution in [0.4, 0.5) is 0 Å². The number of aliphatic hydroxyl groups excluding tert-OH is 2. The lowest BCUT2D eigenvalue weighted by Gasteiger charge is -2.20. The molecule has 0 spiro atoms. The summed E-state index contributed by atoms with van der Waals surface area (Å²) in [6.45, 7) is 0.281. The van der Waals surface area contributed by atoms with Crippen molar-refractivity contribution in [1.29, 1.82) is 0 Å². The maximum atomic E-state index is 11.1. The van der Waals surface area contributed by atoms with Crippen molar-refractivity contribution < 1.29 is 24.5 Å². The summed E-state index contributed by atoms with van der Waals surface area (Å²) < 4.78 is 10.2. The van der Waals surface area contributed by atoms with Gasteiger partial charge in [-0.1, -0.05) is 37.1 Å². The predicted octanol–water partition coefficient (Wildman–Crippen LogP) is 3.79. The standard InChI is InChI=1S/C22H38O5/c1-26-21-17-20(24)18(13-9-6-7-11-15-22(25)27-2)19(21)14-10-5-3-4-8-12-16-23/h6,9-10,14,18-21,23-24H,3-5,7-8,11-13,15-17H2,1-2H3/b9-6-,14-10+/t18?,19-,20+,21-/m1/s1. The third kappa shape index (κ3) is 9.54. The van der Waals surface area contributed by atoms with E-state index >= 15 is 0 Å². The van der Waals surface area contributed by atoms with Gasteiger partial charge in [0.25, 0.3) is 0 Å². The maximum absolute atomic E-state index is 11.1. The third-order valence-electron chi connectivity index (χ3n) is 5.39. The molecule has 0 aromatic heterocycles. The number of aliphatic hydroxyl groups is 2. The van der Waals surface area contributed by atoms with Crippen LogP contribution in [0.3, 0.4) is 0 Å². The molecule has 0 aromatic carbocycles. The first-order valence-electron chi connectivity index (χ1n) is 10.3. The smallest absolute Gasteiger partial charge is 0.305 e. The van der Waals surface area contributed by atoms with Gasteiger partial charge >= 0.3 is 5.97 Å². The second-order valence-corrected chi connectivity index (χ2v) is 7.35. The molecule has 1 fully saturated rings. The molecule has 0 aliphatic heterocycles. The van der Waals surface area contributed by atoms with Crippen molar-refractivity contribution in [3.8, 4) is 0 Å². The SMILES string of the molecule is COC(=O)CCC/C=C\CC1[C@@H](/C=C/CCCCCCO)[C@H](OC)C[C@@H]1O. The number of hydrogen-bond acceptors (Lipinski definition) is 5. The lowest BCUT2D eigenvalue weighted by atomic mass is 9.89. The zero-order valence-electron chi connectivity index (χ0n) is 17.0. The molecule has 27 heavy (non-hydrogen) atoms. The molecule has 0 saturated heterocycles. The van der Waals surface area contributed by atoms with Gasteiger partial charge in [0, 0.05) is 32.5 Å². The van der Waals surface area contributed by atoms with Crippen molar-refractivity contribution in [2.45, 2.75) is 76.4 Å². The monoisotopic (exact) mass is 382 g/mol. The number of rotatable bonds is 14. The van der Waals surface area contributed by atoms with Crippen molar-refractivity contribution in [3.05, 3.63) is 24.3 Å². The van der Waals surface area contributed by atoms with E-state index < -0.39 is 0 Å². The highest BCUT2D eigenvalue weighted by Gasteiger charge is 2.40. The van der Waals surface area contributed by atoms with Gasteiger partial charge in [0.1, 0.15) is 0 Å². The number of carbonyl (C=O) groups excluding carboxylic acids is 1. The Labute approximate surface area is 164 Å². The van der Waals surface area contributed by atoms with E-state index in [-0.39, 0.29) is 36.6 Å². The molecule has 2 N–H and O–H groups in total. The van der Waals surface area contributed by atoms with Crippen LogP contribution in [0.15, 0.2) is 24.3 Å². The highest BCUT2D eigenvalue weighted by Crippen LogP contribution is 2.38. The van der Waals surface area contributed by atoms with E-state index in [2.05, 4.69) is 29.0 Å². The van der Waals surface area contributed by atoms with Gasteiger partial charge in [0.05, 0.1) is 19.3 Å². The van der Waals surface area contributed by atoms with E-state index in [4.69, 9.17) is 9.84 Å². The second kappa shape index (κ2) is 14.8. The van der Waals surface area contributed by atoms with Gasteiger partial charge < -0.3 is 19.7 Å². The van der Waals surface area contributed by atoms with Crippen molar-refractivity contribution in [2.75, 3.05) is 20.8 Å². The van der Waals surface area contributed by atoms with Crippen molar-refractivity contribution >= 4 is 5.97 Å². The summed E-state index contributed by atoms with van der Waals surface area (Å²) >= 11 is 0. The molecule has 5 heteroatoms. The van der Waals surface area contributed by atoms with Crippen LogP contribution in [0.5, 0.6) is 0 Å². The Hall–Kier alpha value is -1.17. The summed E-state index contributed by atoms with van der Waals surface area (Å²) in [5.41, 5.74) is 0. The largest absolute Gasteiger partial charge is 0.469 e. The molecule has 156 valence electrons. The van der Waals surface area contributed by atoms with Crippen LogP contribution in [0.2, 0.25) is 0 Å². The Kier molecular flexibility index (Phi) is 13.1. The predicted molar refractivity (Wildman–Crippen MR) is 107 cm³/mol. The minimum atomic E-state index is -0.339. The van der Waals surface area contributed by atoms with Crippen molar-refractivity contribution in [1.82, 2.24) is 0 Å². The highest BCUT2D eigenvalue weighted by molar-refractivity contribution is 5.69. The lowest BCUT2D eigenvalue weighted by molar-refractivity contribution is -0.140. The summed E-state index contributed by atoms with van der Waals surface area (Å²) in [5.74, 6) is 0.249. The van der Waals surface area contributed by atoms with Gasteiger partial charge in [0.2, 0.25) is 0 Å². The molecule has 0 aromatic rings. The van der Waals surface area contributed by atoms with Gasteiger partial charge in [0.15, 0.2) is 0 Å². The topological polar surface area (TPSA) is 76.0 Å². The molecule has 0 heterocycles. The van der Waals surface area contributed by atoms with E-state index in [9.17, 15) is 9.90 Å². The van der Waals surface area contributed by atoms with E-state index in [1.807, 2.05) is 0 Å². The van der Waals surface area contributed by atoms with E-state index in [1.165, 1.54) is 7.11 Å². The van der Waals surface area contributed by atoms with E-state index in [1.54, 1.807) is 7.11 Å². The minimum Gasteiger partial charge on any atom is -0.469 e. The zero-order valence-corrected chi connectivity index (χ0v) is 17.0. The normalized spacial score (nSPS) is 25.6. The molecule has 1 unspecified atom stereocenters. The molecular weight excluding hydrogens is 344 g/mol. The highest BCUT2D eigenvalue weighted by atomic mass is 16.5. The zero-order chi connectivity index (χ0) is 19.9. The first kappa shape index (κ1) is 23.9. The van der Waals surface area contributed by atoms with Crippen LogP contribution >= 0.6 is 0 Å². The number of allylic oxidation sites excluding steroid dienone is 3. The minimum absolute atomic E-state index is 0.0726. The molecular formula is C22H38O5. The van der Waals surface area contributed by atoms with Gasteiger partial charge in [-0.05, 0) is 44.4 Å². The van der Waals surface area contributed by atoms with Crippen LogP contribution in [-0.2, 0) is 14.3 Å². The fourth-order valence-corrected chi connectivity index (χ4v) is 3.75. The molecule has 1 aliphatic carbocycles. The summed E-state index contributed by atoms with van der Waals surface area (Å²) in [6, 6.07) is 0. The van der Waals surface area contributed by atoms with Crippen LogP contribution in [0.1, 0.15) is 64.2 Å². The Morgan fingerprint density at radius 1 is 1.04 bits per heavy atom. The Morgan fingerprint density at radius 3 is 2.48 bits per heavy atom. The van der Waals surface area contributed by atoms with Crippen molar-refractivity contribution in [2.24, 2.45) is 11.8 Å². The summed E-state index contributed by atoms with van der Waals surface area (Å²) in [6.07, 6.45) is 17.3. The van der Waals surface area contributed by atoms with E-state index in [0.29, 0.717) is 12.8 Å². The fourth-order valence-electron chi connectivity index (χ4n) is 3.75. The molecule has 0 amide bonds. The first-order valence-corrected chi connectivity index (χ1v) is 10.3. The number of hydrogen-bond donors (Lipinski definition) is 2. The first-order chi connectivity index (χ1) is 13.1. The van der Waals surface area contributed by atoms with Crippen LogP contribution in [-0.4, -0.2) is 49.2 Å². The molecule has 5 nitrogen and oxygen atoms in total. The van der Waals surface area contributed by atoms with Crippen LogP contribution in [0, 0.1) is 11.8 Å². The molecule has 0 bridgehead atoms. The van der Waals surface area contributed by atoms with E-state index in [0.717, 1.165) is 51.4 Å². The Balaban J connectivity index is 2.41. The molecule has 1 rings (SSSR count). The van der Waals surface area contributed by atoms with Gasteiger partial charge in [-0.3, -0.25) is 4.79 Å². The average molecular weight is 383 g/mol. The van der Waals surface area contributed by atoms with Crippen LogP contribution < -0.4 is 0 Å². The van der Waals surface area contributed by atoms with Crippen molar-refractivity contribution in [3.63, 3.8) is 0 Å².